The van der Waals surface area contributed by atoms with E-state index in [1.165, 1.54) is 18.9 Å². The highest BCUT2D eigenvalue weighted by atomic mass is 16.4. The Morgan fingerprint density at radius 3 is 2.15 bits per heavy atom. The first kappa shape index (κ1) is 26.5. The zero-order valence-corrected chi connectivity index (χ0v) is 18.6. The SMILES string of the molecule is NCCCCC(NC(=O)CNC(=O)C(N)Cc1cnc[nH]1)C(=O)NC(Cc1cnc[nH]1)C(=O)O. The molecule has 10 N–H and O–H groups in total. The number of H-pyrrole nitrogens is 2. The number of carbonyl (C=O) groups excluding carboxylic acids is 3. The number of hydrogen-bond acceptors (Lipinski definition) is 8. The molecule has 186 valence electrons. The molecule has 0 radical (unpaired) electrons. The van der Waals surface area contributed by atoms with Crippen molar-refractivity contribution in [2.75, 3.05) is 13.1 Å². The summed E-state index contributed by atoms with van der Waals surface area (Å²) >= 11 is 0. The molecule has 34 heavy (non-hydrogen) atoms. The molecule has 3 unspecified atom stereocenters. The second-order valence-corrected chi connectivity index (χ2v) is 7.69. The van der Waals surface area contributed by atoms with Crippen LogP contribution in [0.15, 0.2) is 25.0 Å². The van der Waals surface area contributed by atoms with Gasteiger partial charge in [0.15, 0.2) is 0 Å². The summed E-state index contributed by atoms with van der Waals surface area (Å²) in [5.74, 6) is -3.04. The molecule has 0 aliphatic carbocycles. The Balaban J connectivity index is 1.90. The molecule has 0 saturated heterocycles. The number of carboxylic acid groups (broad SMARTS) is 1. The fourth-order valence-electron chi connectivity index (χ4n) is 3.12. The zero-order valence-electron chi connectivity index (χ0n) is 18.6. The predicted octanol–water partition coefficient (Wildman–Crippen LogP) is -2.46. The largest absolute Gasteiger partial charge is 0.480 e. The van der Waals surface area contributed by atoms with Crippen molar-refractivity contribution in [3.63, 3.8) is 0 Å². The summed E-state index contributed by atoms with van der Waals surface area (Å²) in [5, 5.41) is 16.9. The topological polar surface area (TPSA) is 234 Å². The fourth-order valence-corrected chi connectivity index (χ4v) is 3.12. The van der Waals surface area contributed by atoms with Crippen molar-refractivity contribution in [1.29, 1.82) is 0 Å². The van der Waals surface area contributed by atoms with E-state index in [-0.39, 0.29) is 19.3 Å². The van der Waals surface area contributed by atoms with Crippen LogP contribution in [0, 0.1) is 0 Å². The van der Waals surface area contributed by atoms with Crippen LogP contribution in [0.3, 0.4) is 0 Å². The molecule has 14 heteroatoms. The number of nitrogens with two attached hydrogens (primary N) is 2. The summed E-state index contributed by atoms with van der Waals surface area (Å²) in [7, 11) is 0. The number of carbonyl (C=O) groups is 4. The first-order valence-electron chi connectivity index (χ1n) is 10.8. The van der Waals surface area contributed by atoms with Gasteiger partial charge in [0, 0.05) is 36.6 Å². The maximum atomic E-state index is 12.8. The number of carboxylic acids is 1. The van der Waals surface area contributed by atoms with E-state index in [0.717, 1.165) is 0 Å². The molecule has 0 saturated carbocycles. The third-order valence-corrected chi connectivity index (χ3v) is 4.95. The number of amides is 3. The fraction of sp³-hybridized carbons (Fsp3) is 0.500. The summed E-state index contributed by atoms with van der Waals surface area (Å²) in [6.07, 6.45) is 7.49. The van der Waals surface area contributed by atoms with Crippen molar-refractivity contribution >= 4 is 23.7 Å². The van der Waals surface area contributed by atoms with Crippen LogP contribution >= 0.6 is 0 Å². The molecule has 2 aromatic rings. The highest BCUT2D eigenvalue weighted by molar-refractivity contribution is 5.92. The monoisotopic (exact) mass is 477 g/mol. The molecular weight excluding hydrogens is 446 g/mol. The summed E-state index contributed by atoms with van der Waals surface area (Å²) in [5.41, 5.74) is 12.5. The first-order valence-corrected chi connectivity index (χ1v) is 10.8. The second-order valence-electron chi connectivity index (χ2n) is 7.69. The van der Waals surface area contributed by atoms with Gasteiger partial charge in [-0.25, -0.2) is 14.8 Å². The Hall–Kier alpha value is -3.78. The molecule has 14 nitrogen and oxygen atoms in total. The lowest BCUT2D eigenvalue weighted by Crippen LogP contribution is -2.54. The van der Waals surface area contributed by atoms with Gasteiger partial charge in [0.25, 0.3) is 0 Å². The smallest absolute Gasteiger partial charge is 0.326 e. The van der Waals surface area contributed by atoms with Gasteiger partial charge in [-0.2, -0.15) is 0 Å². The molecule has 2 rings (SSSR count). The third kappa shape index (κ3) is 8.99. The molecule has 0 spiro atoms. The number of aromatic nitrogens is 4. The van der Waals surface area contributed by atoms with Gasteiger partial charge in [-0.05, 0) is 25.8 Å². The highest BCUT2D eigenvalue weighted by Gasteiger charge is 2.27. The number of rotatable bonds is 15. The zero-order chi connectivity index (χ0) is 24.9. The Labute approximate surface area is 195 Å². The van der Waals surface area contributed by atoms with Crippen molar-refractivity contribution in [3.8, 4) is 0 Å². The van der Waals surface area contributed by atoms with E-state index in [0.29, 0.717) is 30.8 Å². The summed E-state index contributed by atoms with van der Waals surface area (Å²) < 4.78 is 0. The number of nitrogens with one attached hydrogen (secondary N) is 5. The molecule has 3 amide bonds. The van der Waals surface area contributed by atoms with Gasteiger partial charge in [-0.3, -0.25) is 14.4 Å². The molecule has 0 aliphatic heterocycles. The lowest BCUT2D eigenvalue weighted by atomic mass is 10.1. The minimum atomic E-state index is -1.23. The van der Waals surface area contributed by atoms with Crippen LogP contribution in [0.5, 0.6) is 0 Å². The van der Waals surface area contributed by atoms with Gasteiger partial charge in [-0.15, -0.1) is 0 Å². The van der Waals surface area contributed by atoms with Crippen LogP contribution < -0.4 is 27.4 Å². The van der Waals surface area contributed by atoms with E-state index in [1.54, 1.807) is 6.20 Å². The normalized spacial score (nSPS) is 13.5. The molecule has 0 aromatic carbocycles. The molecule has 2 aromatic heterocycles. The maximum absolute atomic E-state index is 12.8. The molecule has 0 bridgehead atoms. The second kappa shape index (κ2) is 13.7. The Morgan fingerprint density at radius 2 is 1.59 bits per heavy atom. The Morgan fingerprint density at radius 1 is 0.941 bits per heavy atom. The number of unbranched alkanes of at least 4 members (excludes halogenated alkanes) is 1. The van der Waals surface area contributed by atoms with Gasteiger partial charge in [0.1, 0.15) is 12.1 Å². The maximum Gasteiger partial charge on any atom is 0.326 e. The van der Waals surface area contributed by atoms with Crippen LogP contribution in [0.2, 0.25) is 0 Å². The molecule has 2 heterocycles. The first-order chi connectivity index (χ1) is 16.3. The quantitative estimate of drug-likeness (QED) is 0.127. The molecule has 0 fully saturated rings. The van der Waals surface area contributed by atoms with Crippen molar-refractivity contribution < 1.29 is 24.3 Å². The van der Waals surface area contributed by atoms with Crippen molar-refractivity contribution in [2.24, 2.45) is 11.5 Å². The summed E-state index contributed by atoms with van der Waals surface area (Å²) in [6, 6.07) is -3.11. The van der Waals surface area contributed by atoms with Crippen molar-refractivity contribution in [1.82, 2.24) is 35.9 Å². The molecular formula is C20H31N9O5. The van der Waals surface area contributed by atoms with Crippen molar-refractivity contribution in [3.05, 3.63) is 36.4 Å². The van der Waals surface area contributed by atoms with E-state index in [4.69, 9.17) is 11.5 Å². The van der Waals surface area contributed by atoms with Gasteiger partial charge >= 0.3 is 5.97 Å². The van der Waals surface area contributed by atoms with Gasteiger partial charge < -0.3 is 42.5 Å². The van der Waals surface area contributed by atoms with E-state index >= 15 is 0 Å². The number of aromatic amines is 2. The van der Waals surface area contributed by atoms with Gasteiger partial charge in [-0.1, -0.05) is 0 Å². The standard InChI is InChI=1S/C20H31N9O5/c21-4-2-1-3-15(19(32)29-16(20(33)34)6-13-8-24-11-27-13)28-17(30)9-25-18(31)14(22)5-12-7-23-10-26-12/h7-8,10-11,14-16H,1-6,9,21-22H2,(H,23,26)(H,24,27)(H,25,31)(H,28,30)(H,29,32)(H,33,34). The van der Waals surface area contributed by atoms with Gasteiger partial charge in [0.2, 0.25) is 17.7 Å². The van der Waals surface area contributed by atoms with E-state index in [9.17, 15) is 24.3 Å². The lowest BCUT2D eigenvalue weighted by Gasteiger charge is -2.21. The summed E-state index contributed by atoms with van der Waals surface area (Å²) in [6.45, 7) is 0.0107. The van der Waals surface area contributed by atoms with Crippen LogP contribution in [0.1, 0.15) is 30.7 Å². The number of aliphatic carboxylic acids is 1. The highest BCUT2D eigenvalue weighted by Crippen LogP contribution is 2.04. The van der Waals surface area contributed by atoms with Crippen LogP contribution in [0.4, 0.5) is 0 Å². The molecule has 0 aliphatic rings. The van der Waals surface area contributed by atoms with E-state index < -0.39 is 48.4 Å². The minimum Gasteiger partial charge on any atom is -0.480 e. The predicted molar refractivity (Wildman–Crippen MR) is 120 cm³/mol. The van der Waals surface area contributed by atoms with Crippen LogP contribution in [0.25, 0.3) is 0 Å². The van der Waals surface area contributed by atoms with Crippen molar-refractivity contribution in [2.45, 2.75) is 50.2 Å². The average molecular weight is 478 g/mol. The van der Waals surface area contributed by atoms with E-state index in [2.05, 4.69) is 35.9 Å². The van der Waals surface area contributed by atoms with E-state index in [1.807, 2.05) is 0 Å². The third-order valence-electron chi connectivity index (χ3n) is 4.95. The Bertz CT molecular complexity index is 917. The lowest BCUT2D eigenvalue weighted by molar-refractivity contribution is -0.142. The van der Waals surface area contributed by atoms with Crippen LogP contribution in [-0.4, -0.2) is 79.9 Å². The summed E-state index contributed by atoms with van der Waals surface area (Å²) in [4.78, 5) is 62.2. The number of nitrogens with zero attached hydrogens (tertiary/aromatic N) is 2. The number of imidazole rings is 2. The van der Waals surface area contributed by atoms with Gasteiger partial charge in [0.05, 0.1) is 25.2 Å². The van der Waals surface area contributed by atoms with Crippen LogP contribution in [-0.2, 0) is 32.0 Å². The molecule has 3 atom stereocenters. The average Bonchev–Trinajstić information content (AvgIpc) is 3.50. The number of hydrogen-bond donors (Lipinski definition) is 8. The minimum absolute atomic E-state index is 0.00514. The Kier molecular flexibility index (Phi) is 10.7.